The monoisotopic (exact) mass is 366 g/mol. The molecular formula is C14H9BrClFN4. The molecule has 2 aromatic carbocycles. The molecular weight excluding hydrogens is 359 g/mol. The Bertz CT molecular complexity index is 790. The van der Waals surface area contributed by atoms with Gasteiger partial charge in [-0.25, -0.2) is 4.39 Å². The molecule has 0 radical (unpaired) electrons. The highest BCUT2D eigenvalue weighted by Gasteiger charge is 2.07. The topological polar surface area (TPSA) is 53.6 Å². The number of aromatic amines is 1. The minimum absolute atomic E-state index is 0.0442. The molecule has 2 N–H and O–H groups in total. The lowest BCUT2D eigenvalue weighted by atomic mass is 10.2. The van der Waals surface area contributed by atoms with Crippen molar-refractivity contribution in [1.29, 1.82) is 0 Å². The van der Waals surface area contributed by atoms with Crippen molar-refractivity contribution in [2.24, 2.45) is 0 Å². The molecule has 0 saturated carbocycles. The molecule has 3 rings (SSSR count). The quantitative estimate of drug-likeness (QED) is 0.701. The third kappa shape index (κ3) is 3.22. The van der Waals surface area contributed by atoms with Crippen molar-refractivity contribution in [1.82, 2.24) is 15.2 Å². The smallest absolute Gasteiger partial charge is 0.246 e. The Kier molecular flexibility index (Phi) is 3.90. The predicted molar refractivity (Wildman–Crippen MR) is 84.2 cm³/mol. The number of rotatable bonds is 3. The molecule has 0 aliphatic carbocycles. The highest BCUT2D eigenvalue weighted by Crippen LogP contribution is 2.23. The van der Waals surface area contributed by atoms with Gasteiger partial charge in [0.15, 0.2) is 5.82 Å². The summed E-state index contributed by atoms with van der Waals surface area (Å²) in [5.41, 5.74) is 1.52. The molecule has 21 heavy (non-hydrogen) atoms. The van der Waals surface area contributed by atoms with Crippen LogP contribution in [-0.4, -0.2) is 15.2 Å². The van der Waals surface area contributed by atoms with Crippen LogP contribution in [0.4, 0.5) is 16.0 Å². The molecule has 0 bridgehead atoms. The van der Waals surface area contributed by atoms with Crippen molar-refractivity contribution >= 4 is 39.2 Å². The first-order valence-electron chi connectivity index (χ1n) is 6.02. The minimum Gasteiger partial charge on any atom is -0.323 e. The average molecular weight is 368 g/mol. The summed E-state index contributed by atoms with van der Waals surface area (Å²) in [7, 11) is 0. The van der Waals surface area contributed by atoms with E-state index in [0.29, 0.717) is 17.5 Å². The Morgan fingerprint density at radius 1 is 1.19 bits per heavy atom. The lowest BCUT2D eigenvalue weighted by Gasteiger charge is -2.02. The lowest BCUT2D eigenvalue weighted by Crippen LogP contribution is -1.93. The van der Waals surface area contributed by atoms with Gasteiger partial charge in [0, 0.05) is 15.7 Å². The number of nitrogens with zero attached hydrogens (tertiary/aromatic N) is 2. The van der Waals surface area contributed by atoms with Crippen LogP contribution in [-0.2, 0) is 0 Å². The molecule has 4 nitrogen and oxygen atoms in total. The number of hydrogen-bond donors (Lipinski definition) is 2. The van der Waals surface area contributed by atoms with Gasteiger partial charge in [0.1, 0.15) is 5.82 Å². The zero-order valence-electron chi connectivity index (χ0n) is 10.6. The molecule has 0 saturated heterocycles. The highest BCUT2D eigenvalue weighted by atomic mass is 79.9. The fourth-order valence-corrected chi connectivity index (χ4v) is 2.37. The number of aromatic nitrogens is 3. The average Bonchev–Trinajstić information content (AvgIpc) is 2.91. The van der Waals surface area contributed by atoms with Crippen LogP contribution in [0.5, 0.6) is 0 Å². The van der Waals surface area contributed by atoms with Gasteiger partial charge in [0.25, 0.3) is 0 Å². The number of halogens is 3. The SMILES string of the molecule is Fc1ccc(Nc2n[nH]c(-c3cccc(Br)c3)n2)cc1Cl. The molecule has 0 fully saturated rings. The van der Waals surface area contributed by atoms with Gasteiger partial charge in [-0.3, -0.25) is 5.10 Å². The van der Waals surface area contributed by atoms with Gasteiger partial charge in [0.05, 0.1) is 5.02 Å². The van der Waals surface area contributed by atoms with Gasteiger partial charge in [0.2, 0.25) is 5.95 Å². The summed E-state index contributed by atoms with van der Waals surface area (Å²) in [6.07, 6.45) is 0. The molecule has 106 valence electrons. The van der Waals surface area contributed by atoms with Crippen LogP contribution in [0.3, 0.4) is 0 Å². The molecule has 1 heterocycles. The molecule has 0 aliphatic heterocycles. The Morgan fingerprint density at radius 3 is 2.81 bits per heavy atom. The highest BCUT2D eigenvalue weighted by molar-refractivity contribution is 9.10. The van der Waals surface area contributed by atoms with Crippen LogP contribution in [0.15, 0.2) is 46.9 Å². The number of hydrogen-bond acceptors (Lipinski definition) is 3. The van der Waals surface area contributed by atoms with E-state index in [1.54, 1.807) is 6.07 Å². The number of H-pyrrole nitrogens is 1. The summed E-state index contributed by atoms with van der Waals surface area (Å²) in [5.74, 6) is 0.548. The van der Waals surface area contributed by atoms with E-state index in [4.69, 9.17) is 11.6 Å². The van der Waals surface area contributed by atoms with Gasteiger partial charge >= 0.3 is 0 Å². The molecule has 0 amide bonds. The standard InChI is InChI=1S/C14H9BrClFN4/c15-9-3-1-2-8(6-9)13-19-14(21-20-13)18-10-4-5-12(17)11(16)7-10/h1-7H,(H2,18,19,20,21). The summed E-state index contributed by atoms with van der Waals surface area (Å²) in [5, 5.41) is 9.92. The van der Waals surface area contributed by atoms with E-state index >= 15 is 0 Å². The van der Waals surface area contributed by atoms with Crippen LogP contribution >= 0.6 is 27.5 Å². The number of benzene rings is 2. The van der Waals surface area contributed by atoms with Crippen molar-refractivity contribution < 1.29 is 4.39 Å². The number of anilines is 2. The van der Waals surface area contributed by atoms with E-state index in [1.807, 2.05) is 24.3 Å². The molecule has 0 atom stereocenters. The maximum absolute atomic E-state index is 13.1. The zero-order valence-corrected chi connectivity index (χ0v) is 12.9. The third-order valence-corrected chi connectivity index (χ3v) is 3.54. The van der Waals surface area contributed by atoms with Gasteiger partial charge in [-0.1, -0.05) is 39.7 Å². The summed E-state index contributed by atoms with van der Waals surface area (Å²) in [6.45, 7) is 0. The molecule has 1 aromatic heterocycles. The predicted octanol–water partition coefficient (Wildman–Crippen LogP) is 4.77. The molecule has 0 aliphatic rings. The molecule has 0 unspecified atom stereocenters. The molecule has 7 heteroatoms. The van der Waals surface area contributed by atoms with Crippen molar-refractivity contribution in [3.63, 3.8) is 0 Å². The van der Waals surface area contributed by atoms with Gasteiger partial charge in [-0.05, 0) is 30.3 Å². The Balaban J connectivity index is 1.83. The fraction of sp³-hybridized carbons (Fsp3) is 0. The van der Waals surface area contributed by atoms with Crippen LogP contribution in [0.2, 0.25) is 5.02 Å². The van der Waals surface area contributed by atoms with E-state index in [0.717, 1.165) is 10.0 Å². The third-order valence-electron chi connectivity index (χ3n) is 2.76. The summed E-state index contributed by atoms with van der Waals surface area (Å²) < 4.78 is 14.1. The Morgan fingerprint density at radius 2 is 2.05 bits per heavy atom. The first-order chi connectivity index (χ1) is 10.1. The van der Waals surface area contributed by atoms with E-state index in [1.165, 1.54) is 12.1 Å². The van der Waals surface area contributed by atoms with Crippen molar-refractivity contribution in [2.45, 2.75) is 0 Å². The van der Waals surface area contributed by atoms with Gasteiger partial charge < -0.3 is 5.32 Å². The van der Waals surface area contributed by atoms with Crippen LogP contribution in [0.25, 0.3) is 11.4 Å². The number of nitrogens with one attached hydrogen (secondary N) is 2. The summed E-state index contributed by atoms with van der Waals surface area (Å²) in [6, 6.07) is 12.0. The van der Waals surface area contributed by atoms with Crippen LogP contribution in [0.1, 0.15) is 0 Å². The van der Waals surface area contributed by atoms with Crippen LogP contribution in [0, 0.1) is 5.82 Å². The largest absolute Gasteiger partial charge is 0.323 e. The zero-order chi connectivity index (χ0) is 14.8. The van der Waals surface area contributed by atoms with Crippen LogP contribution < -0.4 is 5.32 Å². The van der Waals surface area contributed by atoms with E-state index in [-0.39, 0.29) is 5.02 Å². The van der Waals surface area contributed by atoms with E-state index in [9.17, 15) is 4.39 Å². The Labute approximate surface area is 133 Å². The second-order valence-corrected chi connectivity index (χ2v) is 5.59. The van der Waals surface area contributed by atoms with Crippen molar-refractivity contribution in [2.75, 3.05) is 5.32 Å². The molecule has 0 spiro atoms. The van der Waals surface area contributed by atoms with Crippen molar-refractivity contribution in [3.05, 3.63) is 57.8 Å². The van der Waals surface area contributed by atoms with Crippen molar-refractivity contribution in [3.8, 4) is 11.4 Å². The van der Waals surface area contributed by atoms with Gasteiger partial charge in [-0.15, -0.1) is 5.10 Å². The fourth-order valence-electron chi connectivity index (χ4n) is 1.79. The first kappa shape index (κ1) is 14.0. The summed E-state index contributed by atoms with van der Waals surface area (Å²) in [4.78, 5) is 4.33. The molecule has 3 aromatic rings. The lowest BCUT2D eigenvalue weighted by molar-refractivity contribution is 0.628. The Hall–Kier alpha value is -1.92. The minimum atomic E-state index is -0.466. The second-order valence-electron chi connectivity index (χ2n) is 4.27. The first-order valence-corrected chi connectivity index (χ1v) is 7.19. The maximum atomic E-state index is 13.1. The second kappa shape index (κ2) is 5.83. The van der Waals surface area contributed by atoms with E-state index in [2.05, 4.69) is 36.4 Å². The maximum Gasteiger partial charge on any atom is 0.246 e. The normalized spacial score (nSPS) is 10.6. The summed E-state index contributed by atoms with van der Waals surface area (Å²) >= 11 is 9.14. The van der Waals surface area contributed by atoms with Gasteiger partial charge in [-0.2, -0.15) is 4.98 Å². The van der Waals surface area contributed by atoms with E-state index < -0.39 is 5.82 Å².